The number of hydrogen-bond donors (Lipinski definition) is 0. The predicted molar refractivity (Wildman–Crippen MR) is 61.5 cm³/mol. The Labute approximate surface area is 98.6 Å². The van der Waals surface area contributed by atoms with E-state index in [4.69, 9.17) is 4.74 Å². The number of ketones is 1. The Bertz CT molecular complexity index is 361. The normalized spacial score (nSPS) is 20.9. The second kappa shape index (κ2) is 5.45. The van der Waals surface area contributed by atoms with Gasteiger partial charge < -0.3 is 4.74 Å². The Kier molecular flexibility index (Phi) is 3.95. The molecular weight excluding hydrogens is 226 g/mol. The van der Waals surface area contributed by atoms with Crippen molar-refractivity contribution in [1.82, 2.24) is 14.8 Å². The summed E-state index contributed by atoms with van der Waals surface area (Å²) in [4.78, 5) is 16.0. The summed E-state index contributed by atoms with van der Waals surface area (Å²) < 4.78 is 7.18. The smallest absolute Gasteiger partial charge is 0.169 e. The van der Waals surface area contributed by atoms with Crippen LogP contribution in [0.3, 0.4) is 0 Å². The van der Waals surface area contributed by atoms with Crippen molar-refractivity contribution in [1.29, 1.82) is 0 Å². The maximum absolute atomic E-state index is 11.9. The van der Waals surface area contributed by atoms with Crippen LogP contribution in [0.15, 0.2) is 6.33 Å². The van der Waals surface area contributed by atoms with Gasteiger partial charge in [0, 0.05) is 18.1 Å². The Morgan fingerprint density at radius 1 is 1.75 bits per heavy atom. The lowest BCUT2D eigenvalue weighted by Gasteiger charge is -2.20. The molecule has 1 aromatic heterocycles. The molecule has 0 saturated carbocycles. The maximum Gasteiger partial charge on any atom is 0.169 e. The minimum atomic E-state index is -0.263. The minimum absolute atomic E-state index is 0.106. The Morgan fingerprint density at radius 2 is 2.62 bits per heavy atom. The van der Waals surface area contributed by atoms with E-state index in [1.807, 2.05) is 6.92 Å². The van der Waals surface area contributed by atoms with Gasteiger partial charge in [0.15, 0.2) is 5.78 Å². The third-order valence-corrected chi connectivity index (χ3v) is 3.50. The van der Waals surface area contributed by atoms with Gasteiger partial charge >= 0.3 is 0 Å². The fourth-order valence-electron chi connectivity index (χ4n) is 1.63. The zero-order valence-corrected chi connectivity index (χ0v) is 10.1. The molecule has 6 heteroatoms. The van der Waals surface area contributed by atoms with E-state index in [2.05, 4.69) is 10.1 Å². The Hall–Kier alpha value is -0.880. The lowest BCUT2D eigenvalue weighted by atomic mass is 10.2. The van der Waals surface area contributed by atoms with Crippen LogP contribution in [0.2, 0.25) is 0 Å². The standard InChI is InChI=1S/C10H15N3O2S/c1-2-13-10(11-7-12-13)5-8(14)9-6-16-4-3-15-9/h7,9H,2-6H2,1H3. The largest absolute Gasteiger partial charge is 0.369 e. The predicted octanol–water partition coefficient (Wildman–Crippen LogP) is 0.542. The molecule has 0 radical (unpaired) electrons. The number of Topliss-reactive ketones (excluding diaryl/α,β-unsaturated/α-hetero) is 1. The van der Waals surface area contributed by atoms with Crippen LogP contribution in [0.1, 0.15) is 12.7 Å². The maximum atomic E-state index is 11.9. The van der Waals surface area contributed by atoms with Crippen LogP contribution < -0.4 is 0 Å². The average Bonchev–Trinajstić information content (AvgIpc) is 2.77. The van der Waals surface area contributed by atoms with Crippen LogP contribution in [-0.2, 0) is 22.5 Å². The van der Waals surface area contributed by atoms with E-state index in [0.717, 1.165) is 23.9 Å². The highest BCUT2D eigenvalue weighted by Crippen LogP contribution is 2.14. The quantitative estimate of drug-likeness (QED) is 0.770. The van der Waals surface area contributed by atoms with Gasteiger partial charge in [0.05, 0.1) is 13.0 Å². The SMILES string of the molecule is CCn1ncnc1CC(=O)C1CSCCO1. The number of hydrogen-bond acceptors (Lipinski definition) is 5. The first-order chi connectivity index (χ1) is 7.81. The van der Waals surface area contributed by atoms with Crippen molar-refractivity contribution in [2.45, 2.75) is 26.0 Å². The van der Waals surface area contributed by atoms with Gasteiger partial charge in [0.2, 0.25) is 0 Å². The summed E-state index contributed by atoms with van der Waals surface area (Å²) in [5.41, 5.74) is 0. The number of nitrogens with zero attached hydrogens (tertiary/aromatic N) is 3. The van der Waals surface area contributed by atoms with E-state index in [1.54, 1.807) is 16.4 Å². The minimum Gasteiger partial charge on any atom is -0.369 e. The lowest BCUT2D eigenvalue weighted by Crippen LogP contribution is -2.33. The fraction of sp³-hybridized carbons (Fsp3) is 0.700. The van der Waals surface area contributed by atoms with Gasteiger partial charge in [-0.1, -0.05) is 0 Å². The molecule has 0 aliphatic carbocycles. The number of thioether (sulfide) groups is 1. The van der Waals surface area contributed by atoms with Crippen LogP contribution in [0.5, 0.6) is 0 Å². The Morgan fingerprint density at radius 3 is 3.31 bits per heavy atom. The summed E-state index contributed by atoms with van der Waals surface area (Å²) in [5, 5.41) is 4.04. The van der Waals surface area contributed by atoms with E-state index in [1.165, 1.54) is 6.33 Å². The molecule has 88 valence electrons. The third kappa shape index (κ3) is 2.62. The molecule has 0 N–H and O–H groups in total. The van der Waals surface area contributed by atoms with E-state index in [0.29, 0.717) is 13.0 Å². The second-order valence-electron chi connectivity index (χ2n) is 3.57. The van der Waals surface area contributed by atoms with Gasteiger partial charge in [0.25, 0.3) is 0 Å². The molecule has 1 saturated heterocycles. The highest BCUT2D eigenvalue weighted by Gasteiger charge is 2.23. The second-order valence-corrected chi connectivity index (χ2v) is 4.72. The molecule has 1 atom stereocenters. The van der Waals surface area contributed by atoms with Gasteiger partial charge in [-0.3, -0.25) is 4.79 Å². The number of carbonyl (C=O) groups excluding carboxylic acids is 1. The molecule has 2 rings (SSSR count). The first-order valence-electron chi connectivity index (χ1n) is 5.40. The molecule has 1 aromatic rings. The number of rotatable bonds is 4. The lowest BCUT2D eigenvalue weighted by molar-refractivity contribution is -0.128. The van der Waals surface area contributed by atoms with Crippen molar-refractivity contribution in [3.05, 3.63) is 12.2 Å². The fourth-order valence-corrected chi connectivity index (χ4v) is 2.51. The molecular formula is C10H15N3O2S. The monoisotopic (exact) mass is 241 g/mol. The van der Waals surface area contributed by atoms with Crippen LogP contribution in [0.4, 0.5) is 0 Å². The number of ether oxygens (including phenoxy) is 1. The molecule has 0 bridgehead atoms. The molecule has 5 nitrogen and oxygen atoms in total. The van der Waals surface area contributed by atoms with Crippen LogP contribution in [0.25, 0.3) is 0 Å². The first-order valence-corrected chi connectivity index (χ1v) is 6.55. The number of aromatic nitrogens is 3. The summed E-state index contributed by atoms with van der Waals surface area (Å²) in [6, 6.07) is 0. The average molecular weight is 241 g/mol. The summed E-state index contributed by atoms with van der Waals surface area (Å²) in [5.74, 6) is 2.58. The molecule has 16 heavy (non-hydrogen) atoms. The summed E-state index contributed by atoms with van der Waals surface area (Å²) >= 11 is 1.77. The van der Waals surface area contributed by atoms with Crippen LogP contribution in [-0.4, -0.2) is 44.8 Å². The summed E-state index contributed by atoms with van der Waals surface area (Å²) in [6.07, 6.45) is 1.54. The first kappa shape index (κ1) is 11.6. The summed E-state index contributed by atoms with van der Waals surface area (Å²) in [7, 11) is 0. The zero-order chi connectivity index (χ0) is 11.4. The highest BCUT2D eigenvalue weighted by molar-refractivity contribution is 7.99. The van der Waals surface area contributed by atoms with E-state index in [9.17, 15) is 4.79 Å². The molecule has 0 aromatic carbocycles. The van der Waals surface area contributed by atoms with Crippen molar-refractivity contribution in [2.75, 3.05) is 18.1 Å². The van der Waals surface area contributed by atoms with Crippen molar-refractivity contribution >= 4 is 17.5 Å². The molecule has 0 amide bonds. The zero-order valence-electron chi connectivity index (χ0n) is 9.26. The van der Waals surface area contributed by atoms with E-state index < -0.39 is 0 Å². The van der Waals surface area contributed by atoms with Crippen molar-refractivity contribution in [2.24, 2.45) is 0 Å². The van der Waals surface area contributed by atoms with Crippen LogP contribution in [0, 0.1) is 0 Å². The topological polar surface area (TPSA) is 57.0 Å². The molecule has 1 fully saturated rings. The molecule has 2 heterocycles. The number of aryl methyl sites for hydroxylation is 1. The highest BCUT2D eigenvalue weighted by atomic mass is 32.2. The molecule has 1 aliphatic heterocycles. The molecule has 1 aliphatic rings. The van der Waals surface area contributed by atoms with E-state index >= 15 is 0 Å². The Balaban J connectivity index is 1.95. The van der Waals surface area contributed by atoms with Gasteiger partial charge in [-0.25, -0.2) is 9.67 Å². The molecule has 0 spiro atoms. The molecule has 1 unspecified atom stereocenters. The van der Waals surface area contributed by atoms with Crippen molar-refractivity contribution < 1.29 is 9.53 Å². The van der Waals surface area contributed by atoms with E-state index in [-0.39, 0.29) is 11.9 Å². The van der Waals surface area contributed by atoms with Crippen molar-refractivity contribution in [3.63, 3.8) is 0 Å². The number of carbonyl (C=O) groups is 1. The summed E-state index contributed by atoms with van der Waals surface area (Å²) in [6.45, 7) is 3.39. The van der Waals surface area contributed by atoms with Crippen molar-refractivity contribution in [3.8, 4) is 0 Å². The van der Waals surface area contributed by atoms with Gasteiger partial charge in [-0.15, -0.1) is 0 Å². The van der Waals surface area contributed by atoms with Gasteiger partial charge in [-0.2, -0.15) is 16.9 Å². The van der Waals surface area contributed by atoms with Gasteiger partial charge in [-0.05, 0) is 6.92 Å². The van der Waals surface area contributed by atoms with Gasteiger partial charge in [0.1, 0.15) is 18.3 Å². The third-order valence-electron chi connectivity index (χ3n) is 2.50. The van der Waals surface area contributed by atoms with Crippen LogP contribution >= 0.6 is 11.8 Å².